The summed E-state index contributed by atoms with van der Waals surface area (Å²) in [5.41, 5.74) is 5.00. The molecule has 0 bridgehead atoms. The molecule has 1 N–H and O–H groups in total. The average molecular weight is 546 g/mol. The second-order valence-corrected chi connectivity index (χ2v) is 10.5. The topological polar surface area (TPSA) is 97.0 Å². The van der Waals surface area contributed by atoms with Crippen molar-refractivity contribution in [2.75, 3.05) is 7.05 Å². The molecular weight excluding hydrogens is 510 g/mol. The van der Waals surface area contributed by atoms with E-state index in [9.17, 15) is 9.59 Å². The van der Waals surface area contributed by atoms with E-state index in [-0.39, 0.29) is 11.6 Å². The van der Waals surface area contributed by atoms with Crippen LogP contribution < -0.4 is 11.3 Å². The number of aromatic nitrogens is 4. The highest BCUT2D eigenvalue weighted by Gasteiger charge is 2.18. The van der Waals surface area contributed by atoms with Gasteiger partial charge in [-0.15, -0.1) is 0 Å². The summed E-state index contributed by atoms with van der Waals surface area (Å²) in [6, 6.07) is 16.0. The van der Waals surface area contributed by atoms with Crippen molar-refractivity contribution in [1.29, 1.82) is 0 Å². The Morgan fingerprint density at radius 3 is 2.41 bits per heavy atom. The van der Waals surface area contributed by atoms with Gasteiger partial charge in [-0.05, 0) is 43.9 Å². The molecule has 0 spiro atoms. The molecule has 0 aliphatic rings. The number of rotatable bonds is 10. The van der Waals surface area contributed by atoms with Crippen LogP contribution in [0.5, 0.6) is 0 Å². The van der Waals surface area contributed by atoms with E-state index >= 15 is 0 Å². The van der Waals surface area contributed by atoms with Gasteiger partial charge in [0.25, 0.3) is 5.56 Å². The number of hydrogen-bond acceptors (Lipinski definition) is 6. The Kier molecular flexibility index (Phi) is 8.91. The van der Waals surface area contributed by atoms with E-state index in [0.717, 1.165) is 58.0 Å². The van der Waals surface area contributed by atoms with Gasteiger partial charge in [-0.3, -0.25) is 18.9 Å². The maximum atomic E-state index is 13.8. The summed E-state index contributed by atoms with van der Waals surface area (Å²) in [5, 5.41) is 3.85. The van der Waals surface area contributed by atoms with Crippen LogP contribution in [0.25, 0.3) is 22.5 Å². The zero-order valence-corrected chi connectivity index (χ0v) is 24.0. The van der Waals surface area contributed by atoms with E-state index < -0.39 is 5.76 Å². The van der Waals surface area contributed by atoms with Crippen molar-refractivity contribution in [2.45, 2.75) is 66.0 Å². The van der Waals surface area contributed by atoms with Crippen molar-refractivity contribution in [3.63, 3.8) is 0 Å². The van der Waals surface area contributed by atoms with Crippen LogP contribution in [0.15, 0.2) is 62.6 Å². The molecule has 0 radical (unpaired) electrons. The first-order valence-corrected chi connectivity index (χ1v) is 13.7. The van der Waals surface area contributed by atoms with Crippen LogP contribution in [0.3, 0.4) is 0 Å². The van der Waals surface area contributed by atoms with Gasteiger partial charge in [0.15, 0.2) is 5.82 Å². The summed E-state index contributed by atoms with van der Waals surface area (Å²) < 4.78 is 6.51. The first-order chi connectivity index (χ1) is 18.7. The molecule has 0 amide bonds. The highest BCUT2D eigenvalue weighted by molar-refractivity contribution is 7.80. The lowest BCUT2D eigenvalue weighted by Crippen LogP contribution is -2.36. The second kappa shape index (κ2) is 12.3. The average Bonchev–Trinajstić information content (AvgIpc) is 3.37. The molecular formula is C30H35N5O3S. The van der Waals surface area contributed by atoms with E-state index in [4.69, 9.17) is 21.7 Å². The zero-order valence-electron chi connectivity index (χ0n) is 23.2. The quantitative estimate of drug-likeness (QED) is 0.275. The van der Waals surface area contributed by atoms with Crippen LogP contribution in [0.4, 0.5) is 0 Å². The molecule has 0 atom stereocenters. The molecule has 0 fully saturated rings. The van der Waals surface area contributed by atoms with E-state index in [1.54, 1.807) is 4.57 Å². The third-order valence-electron chi connectivity index (χ3n) is 7.03. The molecule has 8 nitrogen and oxygen atoms in total. The maximum absolute atomic E-state index is 13.8. The van der Waals surface area contributed by atoms with E-state index in [1.165, 1.54) is 0 Å². The molecule has 2 aromatic heterocycles. The van der Waals surface area contributed by atoms with Crippen molar-refractivity contribution < 1.29 is 4.52 Å². The second-order valence-electron chi connectivity index (χ2n) is 10.0. The van der Waals surface area contributed by atoms with Crippen LogP contribution in [-0.2, 0) is 19.4 Å². The number of nitrogens with one attached hydrogen (secondary N) is 1. The molecule has 2 heterocycles. The van der Waals surface area contributed by atoms with Gasteiger partial charge < -0.3 is 4.90 Å². The lowest BCUT2D eigenvalue weighted by molar-refractivity contribution is 0.388. The van der Waals surface area contributed by atoms with Crippen molar-refractivity contribution in [1.82, 2.24) is 24.6 Å². The molecule has 0 aliphatic heterocycles. The van der Waals surface area contributed by atoms with Crippen molar-refractivity contribution >= 4 is 17.2 Å². The molecule has 204 valence electrons. The summed E-state index contributed by atoms with van der Waals surface area (Å²) in [6.07, 6.45) is 3.12. The largest absolute Gasteiger partial charge is 0.439 e. The van der Waals surface area contributed by atoms with Crippen molar-refractivity contribution in [2.24, 2.45) is 0 Å². The molecule has 0 saturated carbocycles. The number of likely N-dealkylation sites (N-methyl/N-ethyl adjacent to an activating group) is 1. The van der Waals surface area contributed by atoms with Crippen LogP contribution >= 0.6 is 12.2 Å². The van der Waals surface area contributed by atoms with Gasteiger partial charge in [-0.1, -0.05) is 79.3 Å². The normalized spacial score (nSPS) is 11.2. The number of H-pyrrole nitrogens is 1. The van der Waals surface area contributed by atoms with Gasteiger partial charge in [0.05, 0.1) is 11.5 Å². The van der Waals surface area contributed by atoms with Crippen molar-refractivity contribution in [3.05, 3.63) is 92.1 Å². The Hall–Kier alpha value is -3.85. The van der Waals surface area contributed by atoms with Gasteiger partial charge in [-0.2, -0.15) is 0 Å². The fourth-order valence-electron chi connectivity index (χ4n) is 4.47. The van der Waals surface area contributed by atoms with Crippen molar-refractivity contribution in [3.8, 4) is 22.5 Å². The highest BCUT2D eigenvalue weighted by Crippen LogP contribution is 2.30. The van der Waals surface area contributed by atoms with Crippen LogP contribution in [-0.4, -0.2) is 42.7 Å². The van der Waals surface area contributed by atoms with Gasteiger partial charge in [0, 0.05) is 42.8 Å². The number of hydrogen-bond donors (Lipinski definition) is 1. The number of aryl methyl sites for hydroxylation is 2. The molecule has 0 aliphatic carbocycles. The van der Waals surface area contributed by atoms with Gasteiger partial charge in [0.2, 0.25) is 0 Å². The third-order valence-corrected chi connectivity index (χ3v) is 7.46. The third kappa shape index (κ3) is 6.42. The molecule has 39 heavy (non-hydrogen) atoms. The van der Waals surface area contributed by atoms with Crippen LogP contribution in [0.1, 0.15) is 56.3 Å². The standard InChI is InChI=1S/C30H35N5O3S/c1-6-7-12-26-31-20(4)25(17-27(39)34(5)19(2)3)29(36)35(26)18-21-13-15-22(16-14-21)23-10-8-9-11-24(23)28-32-30(37)38-33-28/h8-11,13-16,19H,6-7,12,17-18H2,1-5H3,(H,32,33,37). The number of nitrogens with zero attached hydrogens (tertiary/aromatic N) is 4. The fraction of sp³-hybridized carbons (Fsp3) is 0.367. The lowest BCUT2D eigenvalue weighted by atomic mass is 9.98. The molecule has 2 aromatic carbocycles. The minimum atomic E-state index is -0.595. The smallest absolute Gasteiger partial charge is 0.367 e. The predicted octanol–water partition coefficient (Wildman–Crippen LogP) is 5.16. The van der Waals surface area contributed by atoms with Gasteiger partial charge in [-0.25, -0.2) is 9.78 Å². The Morgan fingerprint density at radius 1 is 1.10 bits per heavy atom. The van der Waals surface area contributed by atoms with Crippen LogP contribution in [0.2, 0.25) is 0 Å². The van der Waals surface area contributed by atoms with E-state index in [1.807, 2.05) is 67.4 Å². The Morgan fingerprint density at radius 2 is 1.79 bits per heavy atom. The molecule has 4 rings (SSSR count). The predicted molar refractivity (Wildman–Crippen MR) is 158 cm³/mol. The minimum absolute atomic E-state index is 0.0301. The number of aromatic amines is 1. The first kappa shape index (κ1) is 28.2. The Bertz CT molecular complexity index is 1570. The monoisotopic (exact) mass is 545 g/mol. The molecule has 0 saturated heterocycles. The summed E-state index contributed by atoms with van der Waals surface area (Å²) in [5.74, 6) is 0.587. The lowest BCUT2D eigenvalue weighted by Gasteiger charge is -2.25. The summed E-state index contributed by atoms with van der Waals surface area (Å²) in [7, 11) is 1.96. The molecule has 0 unspecified atom stereocenters. The van der Waals surface area contributed by atoms with E-state index in [0.29, 0.717) is 24.4 Å². The molecule has 9 heteroatoms. The fourth-order valence-corrected chi connectivity index (χ4v) is 4.83. The first-order valence-electron chi connectivity index (χ1n) is 13.3. The van der Waals surface area contributed by atoms with Gasteiger partial charge >= 0.3 is 5.76 Å². The SMILES string of the molecule is CCCCc1nc(C)c(CC(=S)N(C)C(C)C)c(=O)n1Cc1ccc(-c2ccccc2-c2noc(=O)[nH]2)cc1. The Balaban J connectivity index is 1.67. The summed E-state index contributed by atoms with van der Waals surface area (Å²) in [6.45, 7) is 8.62. The summed E-state index contributed by atoms with van der Waals surface area (Å²) >= 11 is 5.66. The molecule has 4 aromatic rings. The number of benzene rings is 2. The number of thiocarbonyl (C=S) groups is 1. The van der Waals surface area contributed by atoms with E-state index in [2.05, 4.69) is 30.9 Å². The Labute approximate surface area is 233 Å². The summed E-state index contributed by atoms with van der Waals surface area (Å²) in [4.78, 5) is 35.5. The maximum Gasteiger partial charge on any atom is 0.439 e. The zero-order chi connectivity index (χ0) is 28.1. The highest BCUT2D eigenvalue weighted by atomic mass is 32.1. The van der Waals surface area contributed by atoms with Crippen LogP contribution in [0, 0.1) is 6.92 Å². The minimum Gasteiger partial charge on any atom is -0.367 e. The number of unbranched alkanes of at least 4 members (excludes halogenated alkanes) is 1. The van der Waals surface area contributed by atoms with Gasteiger partial charge in [0.1, 0.15) is 5.82 Å².